The SMILES string of the molecule is O=C(Nc1ccccc1)N1CCN(c2cc(-n3ccnc3)ncn2)CC1. The Balaban J connectivity index is 1.38. The fourth-order valence-corrected chi connectivity index (χ4v) is 2.91. The van der Waals surface area contributed by atoms with E-state index in [0.29, 0.717) is 13.1 Å². The van der Waals surface area contributed by atoms with Crippen molar-refractivity contribution in [3.05, 3.63) is 61.4 Å². The molecule has 8 heteroatoms. The zero-order chi connectivity index (χ0) is 17.8. The number of benzene rings is 1. The van der Waals surface area contributed by atoms with Crippen LogP contribution >= 0.6 is 0 Å². The molecule has 3 aromatic rings. The van der Waals surface area contributed by atoms with Crippen LogP contribution in [0.1, 0.15) is 0 Å². The standard InChI is InChI=1S/C18H19N7O/c26-18(22-15-4-2-1-3-5-15)24-10-8-23(9-11-24)16-12-17(21-13-20-16)25-7-6-19-14-25/h1-7,12-14H,8-11H2,(H,22,26). The number of nitrogens with zero attached hydrogens (tertiary/aromatic N) is 6. The van der Waals surface area contributed by atoms with E-state index in [0.717, 1.165) is 30.4 Å². The number of imidazole rings is 1. The molecule has 0 spiro atoms. The molecule has 2 amide bonds. The predicted octanol–water partition coefficient (Wildman–Crippen LogP) is 2.02. The highest BCUT2D eigenvalue weighted by Crippen LogP contribution is 2.16. The van der Waals surface area contributed by atoms with Gasteiger partial charge in [0.05, 0.1) is 0 Å². The molecular formula is C18H19N7O. The summed E-state index contributed by atoms with van der Waals surface area (Å²) >= 11 is 0. The molecule has 3 heterocycles. The summed E-state index contributed by atoms with van der Waals surface area (Å²) < 4.78 is 1.84. The molecule has 1 aliphatic heterocycles. The lowest BCUT2D eigenvalue weighted by Crippen LogP contribution is -2.50. The summed E-state index contributed by atoms with van der Waals surface area (Å²) in [5.41, 5.74) is 0.806. The first-order chi connectivity index (χ1) is 12.8. The van der Waals surface area contributed by atoms with Crippen molar-refractivity contribution in [3.8, 4) is 5.82 Å². The summed E-state index contributed by atoms with van der Waals surface area (Å²) in [5, 5.41) is 2.93. The molecule has 1 fully saturated rings. The molecule has 1 aliphatic rings. The van der Waals surface area contributed by atoms with Crippen LogP contribution in [0.3, 0.4) is 0 Å². The van der Waals surface area contributed by atoms with Crippen molar-refractivity contribution in [2.24, 2.45) is 0 Å². The summed E-state index contributed by atoms with van der Waals surface area (Å²) in [4.78, 5) is 29.1. The number of carbonyl (C=O) groups excluding carboxylic acids is 1. The number of rotatable bonds is 3. The van der Waals surface area contributed by atoms with Gasteiger partial charge >= 0.3 is 6.03 Å². The number of nitrogens with one attached hydrogen (secondary N) is 1. The van der Waals surface area contributed by atoms with E-state index in [1.807, 2.05) is 52.1 Å². The number of anilines is 2. The minimum absolute atomic E-state index is 0.0716. The quantitative estimate of drug-likeness (QED) is 0.782. The average Bonchev–Trinajstić information content (AvgIpc) is 3.24. The Kier molecular flexibility index (Phi) is 4.46. The first kappa shape index (κ1) is 16.1. The molecule has 1 N–H and O–H groups in total. The lowest BCUT2D eigenvalue weighted by atomic mass is 10.3. The van der Waals surface area contributed by atoms with Gasteiger partial charge in [0.2, 0.25) is 0 Å². The Morgan fingerprint density at radius 1 is 1.00 bits per heavy atom. The summed E-state index contributed by atoms with van der Waals surface area (Å²) in [5.74, 6) is 1.63. The summed E-state index contributed by atoms with van der Waals surface area (Å²) in [6, 6.07) is 11.4. The first-order valence-corrected chi connectivity index (χ1v) is 8.46. The number of para-hydroxylation sites is 1. The second-order valence-corrected chi connectivity index (χ2v) is 5.97. The van der Waals surface area contributed by atoms with Crippen LogP contribution < -0.4 is 10.2 Å². The molecule has 8 nitrogen and oxygen atoms in total. The number of hydrogen-bond donors (Lipinski definition) is 1. The van der Waals surface area contributed by atoms with Crippen molar-refractivity contribution in [2.45, 2.75) is 0 Å². The highest BCUT2D eigenvalue weighted by molar-refractivity contribution is 5.89. The molecule has 0 bridgehead atoms. The number of urea groups is 1. The van der Waals surface area contributed by atoms with E-state index in [4.69, 9.17) is 0 Å². The number of piperazine rings is 1. The molecule has 4 rings (SSSR count). The third kappa shape index (κ3) is 3.49. The van der Waals surface area contributed by atoms with E-state index in [9.17, 15) is 4.79 Å². The topological polar surface area (TPSA) is 79.2 Å². The Morgan fingerprint density at radius 2 is 1.77 bits per heavy atom. The number of carbonyl (C=O) groups is 1. The van der Waals surface area contributed by atoms with E-state index in [1.165, 1.54) is 0 Å². The Morgan fingerprint density at radius 3 is 2.50 bits per heavy atom. The summed E-state index contributed by atoms with van der Waals surface area (Å²) in [6.07, 6.45) is 6.82. The minimum Gasteiger partial charge on any atom is -0.353 e. The maximum absolute atomic E-state index is 12.4. The molecule has 0 radical (unpaired) electrons. The highest BCUT2D eigenvalue weighted by atomic mass is 16.2. The molecule has 1 aromatic carbocycles. The van der Waals surface area contributed by atoms with E-state index >= 15 is 0 Å². The average molecular weight is 349 g/mol. The first-order valence-electron chi connectivity index (χ1n) is 8.46. The van der Waals surface area contributed by atoms with Crippen LogP contribution in [0.15, 0.2) is 61.4 Å². The van der Waals surface area contributed by atoms with Crippen molar-refractivity contribution in [1.29, 1.82) is 0 Å². The molecule has 132 valence electrons. The molecule has 0 atom stereocenters. The Labute approximate surface area is 151 Å². The summed E-state index contributed by atoms with van der Waals surface area (Å²) in [6.45, 7) is 2.73. The number of amides is 2. The van der Waals surface area contributed by atoms with Crippen LogP contribution in [0, 0.1) is 0 Å². The van der Waals surface area contributed by atoms with E-state index < -0.39 is 0 Å². The van der Waals surface area contributed by atoms with Crippen molar-refractivity contribution in [3.63, 3.8) is 0 Å². The lowest BCUT2D eigenvalue weighted by molar-refractivity contribution is 0.208. The summed E-state index contributed by atoms with van der Waals surface area (Å²) in [7, 11) is 0. The van der Waals surface area contributed by atoms with Gasteiger partial charge in [-0.3, -0.25) is 4.57 Å². The van der Waals surface area contributed by atoms with Crippen molar-refractivity contribution in [2.75, 3.05) is 36.4 Å². The second kappa shape index (κ2) is 7.22. The largest absolute Gasteiger partial charge is 0.353 e. The zero-order valence-corrected chi connectivity index (χ0v) is 14.2. The Hall–Kier alpha value is -3.42. The van der Waals surface area contributed by atoms with Crippen molar-refractivity contribution in [1.82, 2.24) is 24.4 Å². The molecule has 26 heavy (non-hydrogen) atoms. The van der Waals surface area contributed by atoms with Gasteiger partial charge in [0.15, 0.2) is 0 Å². The predicted molar refractivity (Wildman–Crippen MR) is 98.4 cm³/mol. The van der Waals surface area contributed by atoms with Gasteiger partial charge in [-0.1, -0.05) is 18.2 Å². The van der Waals surface area contributed by atoms with E-state index in [-0.39, 0.29) is 6.03 Å². The molecule has 1 saturated heterocycles. The normalized spacial score (nSPS) is 14.3. The van der Waals surface area contributed by atoms with Crippen LogP contribution in [0.2, 0.25) is 0 Å². The number of aromatic nitrogens is 4. The van der Waals surface area contributed by atoms with E-state index in [2.05, 4.69) is 25.2 Å². The van der Waals surface area contributed by atoms with Gasteiger partial charge in [0.1, 0.15) is 24.3 Å². The fourth-order valence-electron chi connectivity index (χ4n) is 2.91. The van der Waals surface area contributed by atoms with Crippen LogP contribution in [0.25, 0.3) is 5.82 Å². The van der Waals surface area contributed by atoms with Gasteiger partial charge in [-0.25, -0.2) is 19.7 Å². The molecule has 0 saturated carbocycles. The molecule has 2 aromatic heterocycles. The maximum atomic E-state index is 12.4. The fraction of sp³-hybridized carbons (Fsp3) is 0.222. The monoisotopic (exact) mass is 349 g/mol. The Bertz CT molecular complexity index is 858. The van der Waals surface area contributed by atoms with Gasteiger partial charge in [0.25, 0.3) is 0 Å². The van der Waals surface area contributed by atoms with Crippen LogP contribution in [0.5, 0.6) is 0 Å². The van der Waals surface area contributed by atoms with Crippen LogP contribution in [0.4, 0.5) is 16.3 Å². The molecule has 0 aliphatic carbocycles. The lowest BCUT2D eigenvalue weighted by Gasteiger charge is -2.35. The van der Waals surface area contributed by atoms with Gasteiger partial charge in [-0.2, -0.15) is 0 Å². The minimum atomic E-state index is -0.0716. The van der Waals surface area contributed by atoms with Gasteiger partial charge in [-0.15, -0.1) is 0 Å². The maximum Gasteiger partial charge on any atom is 0.321 e. The van der Waals surface area contributed by atoms with Gasteiger partial charge in [-0.05, 0) is 12.1 Å². The molecule has 0 unspecified atom stereocenters. The van der Waals surface area contributed by atoms with Gasteiger partial charge < -0.3 is 15.1 Å². The zero-order valence-electron chi connectivity index (χ0n) is 14.2. The second-order valence-electron chi connectivity index (χ2n) is 5.97. The third-order valence-corrected chi connectivity index (χ3v) is 4.32. The van der Waals surface area contributed by atoms with Crippen LogP contribution in [-0.4, -0.2) is 56.6 Å². The third-order valence-electron chi connectivity index (χ3n) is 4.32. The van der Waals surface area contributed by atoms with E-state index in [1.54, 1.807) is 18.9 Å². The van der Waals surface area contributed by atoms with Crippen molar-refractivity contribution < 1.29 is 4.79 Å². The van der Waals surface area contributed by atoms with Gasteiger partial charge in [0, 0.05) is 50.3 Å². The van der Waals surface area contributed by atoms with Crippen molar-refractivity contribution >= 4 is 17.5 Å². The smallest absolute Gasteiger partial charge is 0.321 e. The molecular weight excluding hydrogens is 330 g/mol. The number of hydrogen-bond acceptors (Lipinski definition) is 5. The van der Waals surface area contributed by atoms with Crippen LogP contribution in [-0.2, 0) is 0 Å². The highest BCUT2D eigenvalue weighted by Gasteiger charge is 2.22.